The Bertz CT molecular complexity index is 351. The number of hydrogen-bond donors (Lipinski definition) is 2. The maximum absolute atomic E-state index is 13.1. The van der Waals surface area contributed by atoms with Gasteiger partial charge in [0.25, 0.3) is 0 Å². The lowest BCUT2D eigenvalue weighted by molar-refractivity contribution is 0.218. The van der Waals surface area contributed by atoms with Crippen LogP contribution in [0.3, 0.4) is 0 Å². The molecule has 0 saturated carbocycles. The Morgan fingerprint density at radius 2 is 2.38 bits per heavy atom. The largest absolute Gasteiger partial charge is 0.493 e. The first-order valence-corrected chi connectivity index (χ1v) is 5.64. The van der Waals surface area contributed by atoms with Crippen LogP contribution in [0.15, 0.2) is 18.2 Å². The smallest absolute Gasteiger partial charge is 0.149 e. The Balaban J connectivity index is 1.86. The lowest BCUT2D eigenvalue weighted by Gasteiger charge is -2.22. The second-order valence-corrected chi connectivity index (χ2v) is 4.21. The summed E-state index contributed by atoms with van der Waals surface area (Å²) in [4.78, 5) is 0. The summed E-state index contributed by atoms with van der Waals surface area (Å²) in [6.07, 6.45) is 2.36. The summed E-state index contributed by atoms with van der Waals surface area (Å²) >= 11 is 0. The van der Waals surface area contributed by atoms with E-state index in [-0.39, 0.29) is 5.69 Å². The van der Waals surface area contributed by atoms with Crippen molar-refractivity contribution >= 4 is 5.69 Å². The summed E-state index contributed by atoms with van der Waals surface area (Å²) in [5, 5.41) is 3.32. The molecule has 0 aliphatic carbocycles. The van der Waals surface area contributed by atoms with Crippen molar-refractivity contribution in [1.29, 1.82) is 0 Å². The van der Waals surface area contributed by atoms with Gasteiger partial charge in [-0.2, -0.15) is 0 Å². The number of benzene rings is 1. The molecule has 1 saturated heterocycles. The predicted molar refractivity (Wildman–Crippen MR) is 61.9 cm³/mol. The molecular weight excluding hydrogens is 207 g/mol. The highest BCUT2D eigenvalue weighted by Gasteiger charge is 2.13. The maximum atomic E-state index is 13.1. The number of nitrogens with two attached hydrogens (primary N) is 1. The molecule has 0 bridgehead atoms. The monoisotopic (exact) mass is 224 g/mol. The van der Waals surface area contributed by atoms with Crippen molar-refractivity contribution in [2.75, 3.05) is 25.4 Å². The fraction of sp³-hybridized carbons (Fsp3) is 0.500. The molecule has 0 amide bonds. The Labute approximate surface area is 94.8 Å². The van der Waals surface area contributed by atoms with E-state index in [0.29, 0.717) is 18.3 Å². The summed E-state index contributed by atoms with van der Waals surface area (Å²) in [5.74, 6) is 0.658. The number of ether oxygens (including phenoxy) is 1. The molecule has 1 aromatic carbocycles. The van der Waals surface area contributed by atoms with Crippen molar-refractivity contribution in [3.05, 3.63) is 24.0 Å². The van der Waals surface area contributed by atoms with Crippen LogP contribution in [-0.4, -0.2) is 19.7 Å². The average molecular weight is 224 g/mol. The van der Waals surface area contributed by atoms with E-state index < -0.39 is 5.82 Å². The van der Waals surface area contributed by atoms with Crippen molar-refractivity contribution in [2.45, 2.75) is 12.8 Å². The van der Waals surface area contributed by atoms with Crippen LogP contribution < -0.4 is 15.8 Å². The minimum atomic E-state index is -0.417. The summed E-state index contributed by atoms with van der Waals surface area (Å²) in [6, 6.07) is 4.57. The molecule has 1 fully saturated rings. The number of anilines is 1. The van der Waals surface area contributed by atoms with Gasteiger partial charge in [0, 0.05) is 18.5 Å². The third-order valence-electron chi connectivity index (χ3n) is 2.86. The molecule has 3 nitrogen and oxygen atoms in total. The van der Waals surface area contributed by atoms with Gasteiger partial charge in [-0.1, -0.05) is 0 Å². The molecule has 0 spiro atoms. The van der Waals surface area contributed by atoms with Crippen LogP contribution in [0.25, 0.3) is 0 Å². The summed E-state index contributed by atoms with van der Waals surface area (Å²) in [7, 11) is 0. The third kappa shape index (κ3) is 2.85. The highest BCUT2D eigenvalue weighted by Crippen LogP contribution is 2.19. The molecule has 3 N–H and O–H groups in total. The van der Waals surface area contributed by atoms with Crippen LogP contribution in [0.5, 0.6) is 5.75 Å². The molecule has 16 heavy (non-hydrogen) atoms. The molecule has 0 aromatic heterocycles. The molecule has 88 valence electrons. The van der Waals surface area contributed by atoms with Gasteiger partial charge in [0.15, 0.2) is 0 Å². The number of piperidine rings is 1. The van der Waals surface area contributed by atoms with Gasteiger partial charge in [-0.3, -0.25) is 0 Å². The Hall–Kier alpha value is -1.29. The van der Waals surface area contributed by atoms with E-state index in [2.05, 4.69) is 5.32 Å². The van der Waals surface area contributed by atoms with Crippen LogP contribution in [-0.2, 0) is 0 Å². The summed E-state index contributed by atoms with van der Waals surface area (Å²) < 4.78 is 18.7. The maximum Gasteiger partial charge on any atom is 0.149 e. The minimum absolute atomic E-state index is 0.159. The Morgan fingerprint density at radius 3 is 3.06 bits per heavy atom. The first kappa shape index (κ1) is 11.2. The lowest BCUT2D eigenvalue weighted by Crippen LogP contribution is -2.33. The summed E-state index contributed by atoms with van der Waals surface area (Å²) in [6.45, 7) is 2.71. The Morgan fingerprint density at radius 1 is 1.50 bits per heavy atom. The number of halogens is 1. The van der Waals surface area contributed by atoms with Crippen LogP contribution in [0.2, 0.25) is 0 Å². The minimum Gasteiger partial charge on any atom is -0.493 e. The van der Waals surface area contributed by atoms with E-state index in [9.17, 15) is 4.39 Å². The van der Waals surface area contributed by atoms with E-state index in [1.807, 2.05) is 0 Å². The number of rotatable bonds is 3. The van der Waals surface area contributed by atoms with Crippen LogP contribution in [0, 0.1) is 11.7 Å². The second-order valence-electron chi connectivity index (χ2n) is 4.21. The van der Waals surface area contributed by atoms with Gasteiger partial charge in [-0.05, 0) is 31.5 Å². The van der Waals surface area contributed by atoms with Crippen LogP contribution in [0.1, 0.15) is 12.8 Å². The molecule has 0 radical (unpaired) electrons. The van der Waals surface area contributed by atoms with Crippen molar-refractivity contribution < 1.29 is 9.13 Å². The molecule has 2 rings (SSSR count). The molecule has 1 atom stereocenters. The van der Waals surface area contributed by atoms with Crippen molar-refractivity contribution in [3.8, 4) is 5.75 Å². The number of nitrogen functional groups attached to an aromatic ring is 1. The highest BCUT2D eigenvalue weighted by molar-refractivity contribution is 5.43. The molecule has 4 heteroatoms. The van der Waals surface area contributed by atoms with Gasteiger partial charge in [0.05, 0.1) is 12.3 Å². The Kier molecular flexibility index (Phi) is 3.62. The second kappa shape index (κ2) is 5.16. The SMILES string of the molecule is Nc1ccc(OCC2CCCNC2)cc1F. The van der Waals surface area contributed by atoms with Crippen molar-refractivity contribution in [2.24, 2.45) is 5.92 Å². The highest BCUT2D eigenvalue weighted by atomic mass is 19.1. The van der Waals surface area contributed by atoms with E-state index in [1.165, 1.54) is 25.0 Å². The van der Waals surface area contributed by atoms with Gasteiger partial charge < -0.3 is 15.8 Å². The van der Waals surface area contributed by atoms with Gasteiger partial charge in [-0.25, -0.2) is 4.39 Å². The standard InChI is InChI=1S/C12H17FN2O/c13-11-6-10(3-4-12(11)14)16-8-9-2-1-5-15-7-9/h3-4,6,9,15H,1-2,5,7-8,14H2. The predicted octanol–water partition coefficient (Wildman–Crippen LogP) is 1.79. The zero-order chi connectivity index (χ0) is 11.4. The molecular formula is C12H17FN2O. The van der Waals surface area contributed by atoms with Gasteiger partial charge >= 0.3 is 0 Å². The van der Waals surface area contributed by atoms with E-state index >= 15 is 0 Å². The van der Waals surface area contributed by atoms with Crippen LogP contribution >= 0.6 is 0 Å². The van der Waals surface area contributed by atoms with Gasteiger partial charge in [-0.15, -0.1) is 0 Å². The van der Waals surface area contributed by atoms with Crippen molar-refractivity contribution in [1.82, 2.24) is 5.32 Å². The normalized spacial score (nSPS) is 20.7. The average Bonchev–Trinajstić information content (AvgIpc) is 2.32. The van der Waals surface area contributed by atoms with Crippen LogP contribution in [0.4, 0.5) is 10.1 Å². The van der Waals surface area contributed by atoms with Crippen molar-refractivity contribution in [3.63, 3.8) is 0 Å². The zero-order valence-electron chi connectivity index (χ0n) is 9.21. The molecule has 1 unspecified atom stereocenters. The third-order valence-corrected chi connectivity index (χ3v) is 2.86. The topological polar surface area (TPSA) is 47.3 Å². The van der Waals surface area contributed by atoms with E-state index in [1.54, 1.807) is 6.07 Å². The lowest BCUT2D eigenvalue weighted by atomic mass is 10.0. The first-order valence-electron chi connectivity index (χ1n) is 5.64. The fourth-order valence-corrected chi connectivity index (χ4v) is 1.88. The first-order chi connectivity index (χ1) is 7.75. The van der Waals surface area contributed by atoms with E-state index in [0.717, 1.165) is 13.1 Å². The quantitative estimate of drug-likeness (QED) is 0.769. The number of nitrogens with one attached hydrogen (secondary N) is 1. The number of hydrogen-bond acceptors (Lipinski definition) is 3. The molecule has 1 aliphatic heterocycles. The molecule has 1 aromatic rings. The molecule has 1 aliphatic rings. The van der Waals surface area contributed by atoms with Gasteiger partial charge in [0.1, 0.15) is 11.6 Å². The zero-order valence-corrected chi connectivity index (χ0v) is 9.21. The van der Waals surface area contributed by atoms with E-state index in [4.69, 9.17) is 10.5 Å². The molecule has 1 heterocycles. The van der Waals surface area contributed by atoms with Gasteiger partial charge in [0.2, 0.25) is 0 Å². The fourth-order valence-electron chi connectivity index (χ4n) is 1.88. The summed E-state index contributed by atoms with van der Waals surface area (Å²) in [5.41, 5.74) is 5.55.